The number of aryl methyl sites for hydroxylation is 1. The minimum absolute atomic E-state index is 0.0148. The molecule has 0 aliphatic carbocycles. The highest BCUT2D eigenvalue weighted by atomic mass is 16.5. The third-order valence-corrected chi connectivity index (χ3v) is 4.76. The molecule has 28 heavy (non-hydrogen) atoms. The van der Waals surface area contributed by atoms with Crippen molar-refractivity contribution < 1.29 is 24.5 Å². The average Bonchev–Trinajstić information content (AvgIpc) is 2.92. The highest BCUT2D eigenvalue weighted by Gasteiger charge is 2.47. The summed E-state index contributed by atoms with van der Waals surface area (Å²) in [4.78, 5) is 26.8. The molecule has 2 atom stereocenters. The second kappa shape index (κ2) is 7.86. The predicted octanol–water partition coefficient (Wildman–Crippen LogP) is 2.81. The van der Waals surface area contributed by atoms with Crippen LogP contribution in [0.15, 0.2) is 54.1 Å². The maximum atomic E-state index is 12.8. The Bertz CT molecular complexity index is 930. The molecule has 3 rings (SSSR count). The highest BCUT2D eigenvalue weighted by Crippen LogP contribution is 2.42. The molecule has 146 valence electrons. The first kappa shape index (κ1) is 19.6. The van der Waals surface area contributed by atoms with Crippen LogP contribution >= 0.6 is 0 Å². The molecule has 2 unspecified atom stereocenters. The van der Waals surface area contributed by atoms with Gasteiger partial charge in [-0.1, -0.05) is 48.0 Å². The zero-order valence-electron chi connectivity index (χ0n) is 16.0. The van der Waals surface area contributed by atoms with E-state index in [9.17, 15) is 19.8 Å². The standard InChI is InChI=1S/C22H23NO5/c1-13-8-10-15(11-9-13)20(25)18-19(16-6-4-5-7-17(16)28-3)23(12-14(2)24)22(27)21(18)26/h4-11,14,19,24-25H,12H2,1-3H3/b20-18+. The van der Waals surface area contributed by atoms with Gasteiger partial charge in [-0.25, -0.2) is 0 Å². The number of Topliss-reactive ketones (excluding diaryl/α,β-unsaturated/α-hetero) is 1. The number of amides is 1. The number of aliphatic hydroxyl groups excluding tert-OH is 2. The lowest BCUT2D eigenvalue weighted by molar-refractivity contribution is -0.140. The number of hydrogen-bond acceptors (Lipinski definition) is 5. The zero-order chi connectivity index (χ0) is 20.4. The lowest BCUT2D eigenvalue weighted by Gasteiger charge is -2.27. The SMILES string of the molecule is COc1ccccc1C1/C(=C(\O)c2ccc(C)cc2)C(=O)C(=O)N1CC(C)O. The second-order valence-corrected chi connectivity index (χ2v) is 6.91. The molecule has 0 aromatic heterocycles. The first-order valence-electron chi connectivity index (χ1n) is 9.01. The smallest absolute Gasteiger partial charge is 0.295 e. The topological polar surface area (TPSA) is 87.1 Å². The van der Waals surface area contributed by atoms with Crippen molar-refractivity contribution >= 4 is 17.4 Å². The number of hydrogen-bond donors (Lipinski definition) is 2. The van der Waals surface area contributed by atoms with E-state index >= 15 is 0 Å². The van der Waals surface area contributed by atoms with Crippen LogP contribution < -0.4 is 4.74 Å². The molecular weight excluding hydrogens is 358 g/mol. The molecule has 1 aliphatic rings. The number of methoxy groups -OCH3 is 1. The Labute approximate surface area is 163 Å². The predicted molar refractivity (Wildman–Crippen MR) is 105 cm³/mol. The van der Waals surface area contributed by atoms with Gasteiger partial charge in [0.05, 0.1) is 24.8 Å². The van der Waals surface area contributed by atoms with Crippen molar-refractivity contribution in [2.75, 3.05) is 13.7 Å². The van der Waals surface area contributed by atoms with Gasteiger partial charge in [-0.15, -0.1) is 0 Å². The van der Waals surface area contributed by atoms with Crippen LogP contribution in [0.25, 0.3) is 5.76 Å². The van der Waals surface area contributed by atoms with Gasteiger partial charge >= 0.3 is 0 Å². The lowest BCUT2D eigenvalue weighted by atomic mass is 9.94. The number of likely N-dealkylation sites (tertiary alicyclic amines) is 1. The number of rotatable bonds is 5. The minimum atomic E-state index is -0.855. The van der Waals surface area contributed by atoms with Gasteiger partial charge in [0.2, 0.25) is 0 Å². The molecule has 0 saturated carbocycles. The number of carbonyl (C=O) groups is 2. The average molecular weight is 381 g/mol. The molecule has 1 amide bonds. The molecule has 1 fully saturated rings. The number of para-hydroxylation sites is 1. The van der Waals surface area contributed by atoms with Gasteiger partial charge in [-0.05, 0) is 19.9 Å². The van der Waals surface area contributed by atoms with Crippen LogP contribution in [0.2, 0.25) is 0 Å². The molecule has 2 aromatic rings. The van der Waals surface area contributed by atoms with Gasteiger partial charge in [-0.3, -0.25) is 9.59 Å². The van der Waals surface area contributed by atoms with E-state index in [0.29, 0.717) is 16.9 Å². The van der Waals surface area contributed by atoms with Crippen LogP contribution in [-0.4, -0.2) is 46.6 Å². The minimum Gasteiger partial charge on any atom is -0.507 e. The number of nitrogens with zero attached hydrogens (tertiary/aromatic N) is 1. The molecule has 0 bridgehead atoms. The zero-order valence-corrected chi connectivity index (χ0v) is 16.0. The van der Waals surface area contributed by atoms with E-state index < -0.39 is 23.8 Å². The summed E-state index contributed by atoms with van der Waals surface area (Å²) in [5.74, 6) is -1.30. The summed E-state index contributed by atoms with van der Waals surface area (Å²) in [5.41, 5.74) is 2.01. The van der Waals surface area contributed by atoms with E-state index in [-0.39, 0.29) is 17.9 Å². The Kier molecular flexibility index (Phi) is 5.51. The molecule has 1 aliphatic heterocycles. The summed E-state index contributed by atoms with van der Waals surface area (Å²) in [6.07, 6.45) is -0.838. The van der Waals surface area contributed by atoms with Crippen LogP contribution in [0.4, 0.5) is 0 Å². The number of β-amino-alcohol motifs (C(OH)–C–C–N with tert-alkyl or cyclic N) is 1. The monoisotopic (exact) mass is 381 g/mol. The molecule has 2 N–H and O–H groups in total. The summed E-state index contributed by atoms with van der Waals surface area (Å²) in [6, 6.07) is 13.2. The molecule has 0 radical (unpaired) electrons. The number of ether oxygens (including phenoxy) is 1. The van der Waals surface area contributed by atoms with E-state index in [1.54, 1.807) is 43.3 Å². The Morgan fingerprint density at radius 1 is 1.14 bits per heavy atom. The summed E-state index contributed by atoms with van der Waals surface area (Å²) >= 11 is 0. The van der Waals surface area contributed by atoms with Crippen molar-refractivity contribution in [3.63, 3.8) is 0 Å². The number of benzene rings is 2. The summed E-state index contributed by atoms with van der Waals surface area (Å²) < 4.78 is 5.42. The van der Waals surface area contributed by atoms with E-state index in [2.05, 4.69) is 0 Å². The Morgan fingerprint density at radius 2 is 1.79 bits per heavy atom. The van der Waals surface area contributed by atoms with Crippen LogP contribution in [0.3, 0.4) is 0 Å². The van der Waals surface area contributed by atoms with Crippen molar-refractivity contribution in [3.8, 4) is 5.75 Å². The third kappa shape index (κ3) is 3.51. The van der Waals surface area contributed by atoms with Gasteiger partial charge in [-0.2, -0.15) is 0 Å². The molecular formula is C22H23NO5. The maximum Gasteiger partial charge on any atom is 0.295 e. The quantitative estimate of drug-likeness (QED) is 0.472. The largest absolute Gasteiger partial charge is 0.507 e. The molecule has 1 heterocycles. The molecule has 1 saturated heterocycles. The first-order chi connectivity index (χ1) is 13.3. The summed E-state index contributed by atoms with van der Waals surface area (Å²) in [6.45, 7) is 3.41. The van der Waals surface area contributed by atoms with Crippen molar-refractivity contribution in [1.82, 2.24) is 4.90 Å². The van der Waals surface area contributed by atoms with Crippen molar-refractivity contribution in [1.29, 1.82) is 0 Å². The van der Waals surface area contributed by atoms with Gasteiger partial charge in [0.1, 0.15) is 11.5 Å². The van der Waals surface area contributed by atoms with Crippen molar-refractivity contribution in [2.24, 2.45) is 0 Å². The van der Waals surface area contributed by atoms with Gasteiger partial charge in [0, 0.05) is 17.7 Å². The van der Waals surface area contributed by atoms with Crippen molar-refractivity contribution in [3.05, 3.63) is 70.8 Å². The fourth-order valence-electron chi connectivity index (χ4n) is 3.44. The van der Waals surface area contributed by atoms with Crippen LogP contribution in [0.5, 0.6) is 5.75 Å². The fourth-order valence-corrected chi connectivity index (χ4v) is 3.44. The lowest BCUT2D eigenvalue weighted by Crippen LogP contribution is -2.35. The number of carbonyl (C=O) groups excluding carboxylic acids is 2. The van der Waals surface area contributed by atoms with E-state index in [4.69, 9.17) is 4.74 Å². The third-order valence-electron chi connectivity index (χ3n) is 4.76. The summed E-state index contributed by atoms with van der Waals surface area (Å²) in [7, 11) is 1.50. The second-order valence-electron chi connectivity index (χ2n) is 6.91. The maximum absolute atomic E-state index is 12.8. The Morgan fingerprint density at radius 3 is 2.39 bits per heavy atom. The Hall–Kier alpha value is -3.12. The Balaban J connectivity index is 2.23. The molecule has 2 aromatic carbocycles. The normalized spacial score (nSPS) is 19.7. The fraction of sp³-hybridized carbons (Fsp3) is 0.273. The molecule has 6 nitrogen and oxygen atoms in total. The van der Waals surface area contributed by atoms with Gasteiger partial charge in [0.15, 0.2) is 0 Å². The van der Waals surface area contributed by atoms with Gasteiger partial charge < -0.3 is 19.8 Å². The van der Waals surface area contributed by atoms with Crippen molar-refractivity contribution in [2.45, 2.75) is 26.0 Å². The van der Waals surface area contributed by atoms with Crippen LogP contribution in [0, 0.1) is 6.92 Å². The van der Waals surface area contributed by atoms with E-state index in [0.717, 1.165) is 5.56 Å². The van der Waals surface area contributed by atoms with E-state index in [1.807, 2.05) is 19.1 Å². The number of ketones is 1. The molecule has 0 spiro atoms. The van der Waals surface area contributed by atoms with Crippen LogP contribution in [-0.2, 0) is 9.59 Å². The van der Waals surface area contributed by atoms with E-state index in [1.165, 1.54) is 12.0 Å². The first-order valence-corrected chi connectivity index (χ1v) is 9.01. The number of aliphatic hydroxyl groups is 2. The van der Waals surface area contributed by atoms with Gasteiger partial charge in [0.25, 0.3) is 11.7 Å². The highest BCUT2D eigenvalue weighted by molar-refractivity contribution is 6.46. The summed E-state index contributed by atoms with van der Waals surface area (Å²) in [5, 5.41) is 20.8. The van der Waals surface area contributed by atoms with Crippen LogP contribution in [0.1, 0.15) is 29.7 Å². The molecule has 6 heteroatoms.